The zero-order chi connectivity index (χ0) is 13.7. The van der Waals surface area contributed by atoms with Crippen molar-refractivity contribution in [1.29, 1.82) is 0 Å². The van der Waals surface area contributed by atoms with Crippen molar-refractivity contribution in [3.05, 3.63) is 17.7 Å². The highest BCUT2D eigenvalue weighted by Crippen LogP contribution is 2.37. The zero-order valence-corrected chi connectivity index (χ0v) is 11.5. The molecule has 1 atom stereocenters. The quantitative estimate of drug-likeness (QED) is 0.444. The predicted molar refractivity (Wildman–Crippen MR) is 69.8 cm³/mol. The van der Waals surface area contributed by atoms with Crippen molar-refractivity contribution in [2.24, 2.45) is 5.84 Å². The molecule has 1 unspecified atom stereocenters. The molecular weight excluding hydrogens is 234 g/mol. The fourth-order valence-corrected chi connectivity index (χ4v) is 1.78. The van der Waals surface area contributed by atoms with Gasteiger partial charge in [-0.15, -0.1) is 0 Å². The number of hydrogen-bond acceptors (Lipinski definition) is 6. The van der Waals surface area contributed by atoms with E-state index in [0.29, 0.717) is 17.2 Å². The van der Waals surface area contributed by atoms with Crippen LogP contribution in [0.2, 0.25) is 0 Å². The Morgan fingerprint density at radius 1 is 1.00 bits per heavy atom. The molecule has 1 aromatic carbocycles. The van der Waals surface area contributed by atoms with E-state index in [9.17, 15) is 0 Å². The molecule has 6 nitrogen and oxygen atoms in total. The van der Waals surface area contributed by atoms with E-state index in [2.05, 4.69) is 5.43 Å². The predicted octanol–water partition coefficient (Wildman–Crippen LogP) is 0.736. The van der Waals surface area contributed by atoms with Gasteiger partial charge in [0.15, 0.2) is 11.5 Å². The molecule has 0 aliphatic heterocycles. The van der Waals surface area contributed by atoms with Crippen molar-refractivity contribution in [2.45, 2.75) is 6.17 Å². The van der Waals surface area contributed by atoms with Gasteiger partial charge in [-0.25, -0.2) is 5.43 Å². The third-order valence-electron chi connectivity index (χ3n) is 2.70. The summed E-state index contributed by atoms with van der Waals surface area (Å²) in [5.74, 6) is 7.51. The van der Waals surface area contributed by atoms with E-state index in [4.69, 9.17) is 20.1 Å². The molecule has 1 aromatic rings. The molecule has 0 saturated carbocycles. The third kappa shape index (κ3) is 2.84. The molecule has 18 heavy (non-hydrogen) atoms. The van der Waals surface area contributed by atoms with Gasteiger partial charge >= 0.3 is 0 Å². The molecule has 3 N–H and O–H groups in total. The fourth-order valence-electron chi connectivity index (χ4n) is 1.78. The van der Waals surface area contributed by atoms with Gasteiger partial charge in [0.2, 0.25) is 0 Å². The maximum atomic E-state index is 5.57. The second-order valence-electron chi connectivity index (χ2n) is 3.98. The lowest BCUT2D eigenvalue weighted by molar-refractivity contribution is 0.243. The van der Waals surface area contributed by atoms with Crippen molar-refractivity contribution in [2.75, 3.05) is 35.4 Å². The Labute approximate surface area is 108 Å². The molecule has 1 rings (SSSR count). The van der Waals surface area contributed by atoms with Crippen LogP contribution in [-0.4, -0.2) is 40.3 Å². The molecule has 0 aromatic heterocycles. The summed E-state index contributed by atoms with van der Waals surface area (Å²) in [6.45, 7) is 0. The van der Waals surface area contributed by atoms with Crippen LogP contribution in [0.1, 0.15) is 11.7 Å². The van der Waals surface area contributed by atoms with Crippen molar-refractivity contribution in [3.63, 3.8) is 0 Å². The molecule has 0 amide bonds. The summed E-state index contributed by atoms with van der Waals surface area (Å²) in [5, 5.41) is 0. The Morgan fingerprint density at radius 3 is 1.89 bits per heavy atom. The van der Waals surface area contributed by atoms with Crippen LogP contribution in [0, 0.1) is 0 Å². The number of rotatable bonds is 6. The lowest BCUT2D eigenvalue weighted by atomic mass is 10.1. The van der Waals surface area contributed by atoms with Crippen LogP contribution in [0.25, 0.3) is 0 Å². The third-order valence-corrected chi connectivity index (χ3v) is 2.70. The lowest BCUT2D eigenvalue weighted by Crippen LogP contribution is -2.38. The minimum Gasteiger partial charge on any atom is -0.496 e. The molecule has 0 bridgehead atoms. The highest BCUT2D eigenvalue weighted by molar-refractivity contribution is 5.51. The van der Waals surface area contributed by atoms with Crippen molar-refractivity contribution < 1.29 is 14.2 Å². The molecule has 0 aliphatic carbocycles. The normalized spacial score (nSPS) is 12.4. The molecule has 0 spiro atoms. The maximum absolute atomic E-state index is 5.57. The van der Waals surface area contributed by atoms with E-state index in [1.54, 1.807) is 27.4 Å². The number of nitrogens with two attached hydrogens (primary N) is 1. The second-order valence-corrected chi connectivity index (χ2v) is 3.98. The molecule has 0 fully saturated rings. The minimum absolute atomic E-state index is 0.181. The van der Waals surface area contributed by atoms with Crippen LogP contribution in [0.3, 0.4) is 0 Å². The molecule has 102 valence electrons. The first-order valence-corrected chi connectivity index (χ1v) is 5.51. The van der Waals surface area contributed by atoms with Crippen molar-refractivity contribution in [1.82, 2.24) is 10.3 Å². The second kappa shape index (κ2) is 6.44. The van der Waals surface area contributed by atoms with Gasteiger partial charge in [0, 0.05) is 11.6 Å². The molecule has 0 radical (unpaired) electrons. The largest absolute Gasteiger partial charge is 0.496 e. The summed E-state index contributed by atoms with van der Waals surface area (Å²) < 4.78 is 15.9. The van der Waals surface area contributed by atoms with E-state index in [-0.39, 0.29) is 6.17 Å². The molecule has 0 saturated heterocycles. The first-order valence-electron chi connectivity index (χ1n) is 5.51. The number of benzene rings is 1. The number of methoxy groups -OCH3 is 3. The Hall–Kier alpha value is -1.50. The van der Waals surface area contributed by atoms with Crippen molar-refractivity contribution in [3.8, 4) is 17.2 Å². The van der Waals surface area contributed by atoms with Crippen LogP contribution >= 0.6 is 0 Å². The number of hydrazine groups is 1. The van der Waals surface area contributed by atoms with Crippen LogP contribution < -0.4 is 25.5 Å². The minimum atomic E-state index is -0.181. The summed E-state index contributed by atoms with van der Waals surface area (Å²) in [5.41, 5.74) is 3.61. The number of nitrogens with zero attached hydrogens (tertiary/aromatic N) is 1. The van der Waals surface area contributed by atoms with Crippen LogP contribution in [-0.2, 0) is 0 Å². The van der Waals surface area contributed by atoms with Gasteiger partial charge in [0.1, 0.15) is 11.9 Å². The molecule has 6 heteroatoms. The topological polar surface area (TPSA) is 69.0 Å². The van der Waals surface area contributed by atoms with Crippen LogP contribution in [0.15, 0.2) is 12.1 Å². The molecule has 0 heterocycles. The van der Waals surface area contributed by atoms with Gasteiger partial charge in [-0.05, 0) is 20.2 Å². The Morgan fingerprint density at radius 2 is 1.50 bits per heavy atom. The van der Waals surface area contributed by atoms with E-state index < -0.39 is 0 Å². The Kier molecular flexibility index (Phi) is 5.21. The van der Waals surface area contributed by atoms with Crippen LogP contribution in [0.5, 0.6) is 17.2 Å². The fraction of sp³-hybridized carbons (Fsp3) is 0.500. The summed E-state index contributed by atoms with van der Waals surface area (Å²) in [4.78, 5) is 1.93. The van der Waals surface area contributed by atoms with Crippen molar-refractivity contribution >= 4 is 0 Å². The van der Waals surface area contributed by atoms with Gasteiger partial charge in [-0.1, -0.05) is 0 Å². The lowest BCUT2D eigenvalue weighted by Gasteiger charge is -2.26. The van der Waals surface area contributed by atoms with Gasteiger partial charge in [-0.2, -0.15) is 0 Å². The Balaban J connectivity index is 3.32. The van der Waals surface area contributed by atoms with E-state index >= 15 is 0 Å². The number of hydrogen-bond donors (Lipinski definition) is 2. The van der Waals surface area contributed by atoms with E-state index in [1.807, 2.05) is 25.1 Å². The highest BCUT2D eigenvalue weighted by Gasteiger charge is 2.20. The first kappa shape index (κ1) is 14.6. The maximum Gasteiger partial charge on any atom is 0.164 e. The molecular formula is C12H21N3O3. The number of nitrogens with one attached hydrogen (secondary N) is 1. The summed E-state index contributed by atoms with van der Waals surface area (Å²) in [6.07, 6.45) is -0.181. The van der Waals surface area contributed by atoms with E-state index in [0.717, 1.165) is 5.56 Å². The standard InChI is InChI=1S/C12H21N3O3/c1-15(2)12(14-13)8-6-10(17-4)11(18-5)7-9(8)16-3/h6-7,12,14H,13H2,1-5H3. The Bertz CT molecular complexity index is 396. The zero-order valence-electron chi connectivity index (χ0n) is 11.5. The smallest absolute Gasteiger partial charge is 0.164 e. The van der Waals surface area contributed by atoms with Gasteiger partial charge in [-0.3, -0.25) is 10.7 Å². The van der Waals surface area contributed by atoms with Gasteiger partial charge in [0.05, 0.1) is 21.3 Å². The average molecular weight is 255 g/mol. The average Bonchev–Trinajstić information content (AvgIpc) is 2.38. The van der Waals surface area contributed by atoms with Crippen LogP contribution in [0.4, 0.5) is 0 Å². The monoisotopic (exact) mass is 255 g/mol. The van der Waals surface area contributed by atoms with E-state index in [1.165, 1.54) is 0 Å². The SMILES string of the molecule is COc1cc(OC)c(C(NN)N(C)C)cc1OC. The highest BCUT2D eigenvalue weighted by atomic mass is 16.5. The summed E-state index contributed by atoms with van der Waals surface area (Å²) in [6, 6.07) is 3.63. The summed E-state index contributed by atoms with van der Waals surface area (Å²) in [7, 11) is 8.62. The molecule has 0 aliphatic rings. The van der Waals surface area contributed by atoms with Gasteiger partial charge in [0.25, 0.3) is 0 Å². The van der Waals surface area contributed by atoms with Gasteiger partial charge < -0.3 is 14.2 Å². The summed E-state index contributed by atoms with van der Waals surface area (Å²) >= 11 is 0. The number of ether oxygens (including phenoxy) is 3. The first-order chi connectivity index (χ1) is 8.58.